The molecule has 0 N–H and O–H groups in total. The molecule has 0 unspecified atom stereocenters. The van der Waals surface area contributed by atoms with Crippen LogP contribution in [0.2, 0.25) is 0 Å². The normalized spacial score (nSPS) is 12.2. The molecule has 3 rings (SSSR count). The first-order valence-electron chi connectivity index (χ1n) is 9.90. The minimum Gasteiger partial charge on any atom is -0.347 e. The second-order valence-electron chi connectivity index (χ2n) is 7.98. The Kier molecular flexibility index (Phi) is 6.18. The molecule has 1 aromatic heterocycles. The van der Waals surface area contributed by atoms with E-state index in [1.807, 2.05) is 18.7 Å². The molecule has 5 nitrogen and oxygen atoms in total. The van der Waals surface area contributed by atoms with Gasteiger partial charge in [0.15, 0.2) is 0 Å². The Morgan fingerprint density at radius 3 is 2.34 bits per heavy atom. The van der Waals surface area contributed by atoms with E-state index in [4.69, 9.17) is 5.10 Å². The molecule has 29 heavy (non-hydrogen) atoms. The first-order valence-corrected chi connectivity index (χ1v) is 9.90. The lowest BCUT2D eigenvalue weighted by Crippen LogP contribution is -2.42. The van der Waals surface area contributed by atoms with Crippen LogP contribution in [0.4, 0.5) is 0 Å². The van der Waals surface area contributed by atoms with E-state index in [0.29, 0.717) is 6.54 Å². The van der Waals surface area contributed by atoms with Crippen molar-refractivity contribution in [2.24, 2.45) is 0 Å². The van der Waals surface area contributed by atoms with E-state index < -0.39 is 0 Å². The number of carbonyl (C=O) groups excluding carboxylic acids is 1. The monoisotopic (exact) mass is 390 g/mol. The molecule has 0 bridgehead atoms. The molecule has 0 saturated carbocycles. The molecule has 0 aliphatic carbocycles. The third-order valence-electron chi connectivity index (χ3n) is 5.26. The lowest BCUT2D eigenvalue weighted by atomic mass is 10.1. The summed E-state index contributed by atoms with van der Waals surface area (Å²) >= 11 is 0. The molecule has 0 spiro atoms. The van der Waals surface area contributed by atoms with Crippen molar-refractivity contribution >= 4 is 5.91 Å². The van der Waals surface area contributed by atoms with Crippen LogP contribution in [0.1, 0.15) is 23.6 Å². The molecule has 152 valence electrons. The average molecular weight is 391 g/mol. The third-order valence-corrected chi connectivity index (χ3v) is 5.26. The van der Waals surface area contributed by atoms with E-state index in [1.165, 1.54) is 11.1 Å². The van der Waals surface area contributed by atoms with Crippen molar-refractivity contribution in [1.29, 1.82) is 0 Å². The summed E-state index contributed by atoms with van der Waals surface area (Å²) in [6, 6.07) is 16.5. The van der Waals surface area contributed by atoms with Crippen molar-refractivity contribution in [1.82, 2.24) is 19.6 Å². The van der Waals surface area contributed by atoms with Crippen LogP contribution in [0.15, 0.2) is 54.7 Å². The zero-order valence-corrected chi connectivity index (χ0v) is 18.2. The van der Waals surface area contributed by atoms with E-state index in [2.05, 4.69) is 73.5 Å². The predicted octanol–water partition coefficient (Wildman–Crippen LogP) is 4.06. The standard InChI is InChI=1S/C24H30N4O/c1-17-10-12-22(13-11-17)28-16-21(15-27(6)19(3)24(29)26(4)5)23(25-28)20-9-7-8-18(2)14-20/h7-14,16,19H,15H2,1-6H3/t19-/m0/s1. The Morgan fingerprint density at radius 2 is 1.72 bits per heavy atom. The molecule has 0 aliphatic heterocycles. The molecule has 0 radical (unpaired) electrons. The van der Waals surface area contributed by atoms with Crippen LogP contribution < -0.4 is 0 Å². The molecular formula is C24H30N4O. The van der Waals surface area contributed by atoms with Gasteiger partial charge >= 0.3 is 0 Å². The van der Waals surface area contributed by atoms with Crippen molar-refractivity contribution in [2.45, 2.75) is 33.4 Å². The fraction of sp³-hybridized carbons (Fsp3) is 0.333. The van der Waals surface area contributed by atoms with E-state index in [9.17, 15) is 4.79 Å². The first-order chi connectivity index (χ1) is 13.8. The topological polar surface area (TPSA) is 41.4 Å². The van der Waals surface area contributed by atoms with Gasteiger partial charge in [0, 0.05) is 38.0 Å². The lowest BCUT2D eigenvalue weighted by Gasteiger charge is -2.26. The van der Waals surface area contributed by atoms with Gasteiger partial charge in [0.05, 0.1) is 17.4 Å². The molecule has 0 aliphatic rings. The smallest absolute Gasteiger partial charge is 0.239 e. The Morgan fingerprint density at radius 1 is 1.03 bits per heavy atom. The van der Waals surface area contributed by atoms with Gasteiger partial charge in [-0.05, 0) is 46.0 Å². The van der Waals surface area contributed by atoms with Gasteiger partial charge < -0.3 is 4.90 Å². The fourth-order valence-electron chi connectivity index (χ4n) is 3.36. The highest BCUT2D eigenvalue weighted by Crippen LogP contribution is 2.26. The van der Waals surface area contributed by atoms with Crippen LogP contribution in [-0.4, -0.2) is 52.7 Å². The van der Waals surface area contributed by atoms with Crippen LogP contribution in [0, 0.1) is 13.8 Å². The summed E-state index contributed by atoms with van der Waals surface area (Å²) in [6.45, 7) is 6.74. The molecule has 5 heteroatoms. The highest BCUT2D eigenvalue weighted by molar-refractivity contribution is 5.81. The summed E-state index contributed by atoms with van der Waals surface area (Å²) in [7, 11) is 5.57. The second-order valence-corrected chi connectivity index (χ2v) is 7.98. The summed E-state index contributed by atoms with van der Waals surface area (Å²) in [5.41, 5.74) is 6.57. The maximum Gasteiger partial charge on any atom is 0.239 e. The average Bonchev–Trinajstić information content (AvgIpc) is 3.11. The molecule has 2 aromatic carbocycles. The van der Waals surface area contributed by atoms with Crippen LogP contribution in [0.5, 0.6) is 0 Å². The summed E-state index contributed by atoms with van der Waals surface area (Å²) in [5.74, 6) is 0.0931. The Balaban J connectivity index is 1.99. The summed E-state index contributed by atoms with van der Waals surface area (Å²) in [6.07, 6.45) is 2.08. The second kappa shape index (κ2) is 8.62. The zero-order valence-electron chi connectivity index (χ0n) is 18.2. The molecule has 0 saturated heterocycles. The number of amides is 1. The van der Waals surface area contributed by atoms with E-state index >= 15 is 0 Å². The fourth-order valence-corrected chi connectivity index (χ4v) is 3.36. The van der Waals surface area contributed by atoms with Gasteiger partial charge in [-0.15, -0.1) is 0 Å². The number of hydrogen-bond acceptors (Lipinski definition) is 3. The van der Waals surface area contributed by atoms with Gasteiger partial charge in [-0.1, -0.05) is 41.5 Å². The Hall–Kier alpha value is -2.92. The van der Waals surface area contributed by atoms with Crippen LogP contribution in [0.25, 0.3) is 16.9 Å². The highest BCUT2D eigenvalue weighted by Gasteiger charge is 2.22. The number of likely N-dealkylation sites (N-methyl/N-ethyl adjacent to an activating group) is 2. The van der Waals surface area contributed by atoms with Gasteiger partial charge in [-0.3, -0.25) is 9.69 Å². The van der Waals surface area contributed by atoms with Gasteiger partial charge in [-0.25, -0.2) is 4.68 Å². The largest absolute Gasteiger partial charge is 0.347 e. The van der Waals surface area contributed by atoms with Gasteiger partial charge in [0.2, 0.25) is 5.91 Å². The van der Waals surface area contributed by atoms with Crippen molar-refractivity contribution in [2.75, 3.05) is 21.1 Å². The van der Waals surface area contributed by atoms with Crippen LogP contribution >= 0.6 is 0 Å². The first kappa shape index (κ1) is 20.8. The van der Waals surface area contributed by atoms with Crippen molar-refractivity contribution in [3.8, 4) is 16.9 Å². The molecule has 1 heterocycles. The summed E-state index contributed by atoms with van der Waals surface area (Å²) in [4.78, 5) is 16.1. The van der Waals surface area contributed by atoms with Crippen LogP contribution in [-0.2, 0) is 11.3 Å². The quantitative estimate of drug-likeness (QED) is 0.637. The predicted molar refractivity (Wildman–Crippen MR) is 118 cm³/mol. The Labute approximate surface area is 173 Å². The zero-order chi connectivity index (χ0) is 21.1. The molecular weight excluding hydrogens is 360 g/mol. The van der Waals surface area contributed by atoms with Gasteiger partial charge in [0.25, 0.3) is 0 Å². The maximum absolute atomic E-state index is 12.4. The van der Waals surface area contributed by atoms with Crippen molar-refractivity contribution < 1.29 is 4.79 Å². The summed E-state index contributed by atoms with van der Waals surface area (Å²) in [5, 5.41) is 4.91. The number of rotatable bonds is 6. The lowest BCUT2D eigenvalue weighted by molar-refractivity contribution is -0.133. The van der Waals surface area contributed by atoms with Crippen molar-refractivity contribution in [3.05, 3.63) is 71.4 Å². The Bertz CT molecular complexity index is 988. The number of hydrogen-bond donors (Lipinski definition) is 0. The molecule has 0 fully saturated rings. The minimum atomic E-state index is -0.210. The number of nitrogens with zero attached hydrogens (tertiary/aromatic N) is 4. The molecule has 1 amide bonds. The molecule has 1 atom stereocenters. The van der Waals surface area contributed by atoms with Crippen molar-refractivity contribution in [3.63, 3.8) is 0 Å². The summed E-state index contributed by atoms with van der Waals surface area (Å²) < 4.78 is 1.93. The highest BCUT2D eigenvalue weighted by atomic mass is 16.2. The van der Waals surface area contributed by atoms with Gasteiger partial charge in [-0.2, -0.15) is 5.10 Å². The van der Waals surface area contributed by atoms with Gasteiger partial charge in [0.1, 0.15) is 0 Å². The SMILES string of the molecule is Cc1ccc(-n2cc(CN(C)[C@@H](C)C(=O)N(C)C)c(-c3cccc(C)c3)n2)cc1. The number of benzene rings is 2. The minimum absolute atomic E-state index is 0.0931. The number of aryl methyl sites for hydroxylation is 2. The van der Waals surface area contributed by atoms with E-state index in [1.54, 1.807) is 19.0 Å². The van der Waals surface area contributed by atoms with E-state index in [0.717, 1.165) is 22.5 Å². The number of carbonyl (C=O) groups is 1. The molecule has 3 aromatic rings. The van der Waals surface area contributed by atoms with E-state index in [-0.39, 0.29) is 11.9 Å². The number of aromatic nitrogens is 2. The maximum atomic E-state index is 12.4. The van der Waals surface area contributed by atoms with Crippen LogP contribution in [0.3, 0.4) is 0 Å². The third kappa shape index (κ3) is 4.74.